The van der Waals surface area contributed by atoms with E-state index < -0.39 is 41.1 Å². The average molecular weight is 262 g/mol. The summed E-state index contributed by atoms with van der Waals surface area (Å²) in [6, 6.07) is 0. The van der Waals surface area contributed by atoms with Crippen LogP contribution in [0.5, 0.6) is 0 Å². The number of alkyl halides is 1. The lowest BCUT2D eigenvalue weighted by Gasteiger charge is -2.25. The Morgan fingerprint density at radius 1 is 1.33 bits per heavy atom. The largest absolute Gasteiger partial charge is 0.460 e. The van der Waals surface area contributed by atoms with Crippen LogP contribution in [0.15, 0.2) is 23.8 Å². The van der Waals surface area contributed by atoms with Gasteiger partial charge in [-0.05, 0) is 32.9 Å². The van der Waals surface area contributed by atoms with E-state index in [4.69, 9.17) is 4.74 Å². The monoisotopic (exact) mass is 262 g/mol. The second-order valence-corrected chi connectivity index (χ2v) is 4.92. The first-order valence-electron chi connectivity index (χ1n) is 5.25. The van der Waals surface area contributed by atoms with E-state index in [1.165, 1.54) is 20.8 Å². The highest BCUT2D eigenvalue weighted by atomic mass is 19.2. The maximum absolute atomic E-state index is 14.1. The summed E-state index contributed by atoms with van der Waals surface area (Å²) in [5.41, 5.74) is -4.21. The molecule has 0 aliphatic heterocycles. The third kappa shape index (κ3) is 3.00. The highest BCUT2D eigenvalue weighted by Gasteiger charge is 2.49. The third-order valence-electron chi connectivity index (χ3n) is 2.14. The Morgan fingerprint density at radius 2 is 1.89 bits per heavy atom. The van der Waals surface area contributed by atoms with E-state index >= 15 is 0 Å². The number of allylic oxidation sites excluding steroid dienone is 4. The summed E-state index contributed by atoms with van der Waals surface area (Å²) in [6.45, 7) is 4.60. The maximum Gasteiger partial charge on any atom is 0.310 e. The third-order valence-corrected chi connectivity index (χ3v) is 2.14. The summed E-state index contributed by atoms with van der Waals surface area (Å²) >= 11 is 0. The number of halogens is 3. The summed E-state index contributed by atoms with van der Waals surface area (Å²) in [7, 11) is 0. The zero-order valence-corrected chi connectivity index (χ0v) is 10.2. The molecule has 0 N–H and O–H groups in total. The fraction of sp³-hybridized carbons (Fsp3) is 0.500. The van der Waals surface area contributed by atoms with Gasteiger partial charge in [0.25, 0.3) is 0 Å². The lowest BCUT2D eigenvalue weighted by molar-refractivity contribution is -0.159. The maximum atomic E-state index is 14.1. The van der Waals surface area contributed by atoms with Gasteiger partial charge in [0.2, 0.25) is 11.5 Å². The van der Waals surface area contributed by atoms with E-state index in [0.29, 0.717) is 12.2 Å². The zero-order valence-electron chi connectivity index (χ0n) is 10.2. The van der Waals surface area contributed by atoms with E-state index in [-0.39, 0.29) is 0 Å². The van der Waals surface area contributed by atoms with E-state index in [1.54, 1.807) is 0 Å². The Labute approximate surface area is 102 Å². The van der Waals surface area contributed by atoms with Crippen LogP contribution in [0.4, 0.5) is 13.2 Å². The summed E-state index contributed by atoms with van der Waals surface area (Å²) in [6.07, 6.45) is -0.182. The number of ether oxygens (including phenoxy) is 1. The molecule has 0 radical (unpaired) electrons. The van der Waals surface area contributed by atoms with Crippen LogP contribution < -0.4 is 0 Å². The number of rotatable bonds is 2. The van der Waals surface area contributed by atoms with Crippen LogP contribution in [0, 0.1) is 0 Å². The molecule has 1 atom stereocenters. The van der Waals surface area contributed by atoms with Crippen LogP contribution in [0.1, 0.15) is 27.2 Å². The van der Waals surface area contributed by atoms with Gasteiger partial charge in [-0.3, -0.25) is 9.59 Å². The first-order valence-corrected chi connectivity index (χ1v) is 5.25. The second-order valence-electron chi connectivity index (χ2n) is 4.92. The van der Waals surface area contributed by atoms with Crippen molar-refractivity contribution >= 4 is 11.8 Å². The predicted molar refractivity (Wildman–Crippen MR) is 57.7 cm³/mol. The van der Waals surface area contributed by atoms with Gasteiger partial charge in [-0.25, -0.2) is 13.2 Å². The van der Waals surface area contributed by atoms with Crippen molar-refractivity contribution in [2.45, 2.75) is 38.5 Å². The van der Waals surface area contributed by atoms with Crippen LogP contribution in [-0.4, -0.2) is 23.0 Å². The number of esters is 1. The number of ketones is 1. The van der Waals surface area contributed by atoms with E-state index in [9.17, 15) is 22.8 Å². The van der Waals surface area contributed by atoms with Crippen molar-refractivity contribution in [3.8, 4) is 0 Å². The van der Waals surface area contributed by atoms with Crippen LogP contribution in [-0.2, 0) is 14.3 Å². The van der Waals surface area contributed by atoms with Gasteiger partial charge in [-0.2, -0.15) is 0 Å². The Kier molecular flexibility index (Phi) is 3.69. The number of Topliss-reactive ketones (excluding diaryl/α,β-unsaturated/α-hetero) is 1. The fourth-order valence-corrected chi connectivity index (χ4v) is 1.39. The van der Waals surface area contributed by atoms with E-state index in [0.717, 1.165) is 0 Å². The quantitative estimate of drug-likeness (QED) is 0.719. The van der Waals surface area contributed by atoms with Crippen LogP contribution >= 0.6 is 0 Å². The van der Waals surface area contributed by atoms with Gasteiger partial charge in [0, 0.05) is 0 Å². The molecular weight excluding hydrogens is 249 g/mol. The second kappa shape index (κ2) is 4.59. The minimum atomic E-state index is -3.30. The Balaban J connectivity index is 2.89. The number of carbonyl (C=O) groups excluding carboxylic acids is 2. The minimum Gasteiger partial charge on any atom is -0.460 e. The first kappa shape index (κ1) is 14.5. The number of carbonyl (C=O) groups is 2. The van der Waals surface area contributed by atoms with Crippen molar-refractivity contribution in [1.82, 2.24) is 0 Å². The highest BCUT2D eigenvalue weighted by molar-refractivity contribution is 6.05. The standard InChI is InChI=1S/C12H13F3O3/c1-11(2,3)18-9(16)6-12(15)8(14)5-4-7(13)10(12)17/h4-5H,6H2,1-3H3. The van der Waals surface area contributed by atoms with Crippen LogP contribution in [0.25, 0.3) is 0 Å². The minimum absolute atomic E-state index is 0.487. The molecule has 0 aromatic heterocycles. The van der Waals surface area contributed by atoms with E-state index in [1.807, 2.05) is 0 Å². The fourth-order valence-electron chi connectivity index (χ4n) is 1.39. The summed E-state index contributed by atoms with van der Waals surface area (Å²) in [4.78, 5) is 22.6. The number of hydrogen-bond donors (Lipinski definition) is 0. The normalized spacial score (nSPS) is 24.4. The van der Waals surface area contributed by atoms with Crippen molar-refractivity contribution in [3.05, 3.63) is 23.8 Å². The smallest absolute Gasteiger partial charge is 0.310 e. The molecule has 0 saturated carbocycles. The Hall–Kier alpha value is -1.59. The molecule has 0 aromatic carbocycles. The topological polar surface area (TPSA) is 43.4 Å². The first-order chi connectivity index (χ1) is 8.06. The number of hydrogen-bond acceptors (Lipinski definition) is 3. The van der Waals surface area contributed by atoms with Gasteiger partial charge in [-0.1, -0.05) is 0 Å². The molecule has 6 heteroatoms. The van der Waals surface area contributed by atoms with Gasteiger partial charge in [-0.15, -0.1) is 0 Å². The molecular formula is C12H13F3O3. The zero-order chi connectivity index (χ0) is 14.1. The molecule has 0 bridgehead atoms. The summed E-state index contributed by atoms with van der Waals surface area (Å²) < 4.78 is 45.1. The lowest BCUT2D eigenvalue weighted by atomic mass is 9.90. The Morgan fingerprint density at radius 3 is 2.39 bits per heavy atom. The van der Waals surface area contributed by atoms with Gasteiger partial charge in [0.1, 0.15) is 11.4 Å². The summed E-state index contributed by atoms with van der Waals surface area (Å²) in [5, 5.41) is 0. The van der Waals surface area contributed by atoms with Crippen LogP contribution in [0.3, 0.4) is 0 Å². The molecule has 0 saturated heterocycles. The highest BCUT2D eigenvalue weighted by Crippen LogP contribution is 2.35. The molecule has 1 aliphatic rings. The lowest BCUT2D eigenvalue weighted by Crippen LogP contribution is -2.40. The van der Waals surface area contributed by atoms with Gasteiger partial charge >= 0.3 is 5.97 Å². The predicted octanol–water partition coefficient (Wildman–Crippen LogP) is 2.72. The molecule has 100 valence electrons. The van der Waals surface area contributed by atoms with Gasteiger partial charge in [0.15, 0.2) is 5.83 Å². The molecule has 1 unspecified atom stereocenters. The molecule has 1 aliphatic carbocycles. The molecule has 0 fully saturated rings. The van der Waals surface area contributed by atoms with Crippen molar-refractivity contribution in [1.29, 1.82) is 0 Å². The average Bonchev–Trinajstić information content (AvgIpc) is 2.18. The molecule has 0 aromatic rings. The molecule has 0 heterocycles. The van der Waals surface area contributed by atoms with Crippen molar-refractivity contribution < 1.29 is 27.5 Å². The van der Waals surface area contributed by atoms with Crippen molar-refractivity contribution in [3.63, 3.8) is 0 Å². The van der Waals surface area contributed by atoms with Gasteiger partial charge in [0.05, 0.1) is 6.42 Å². The van der Waals surface area contributed by atoms with Crippen molar-refractivity contribution in [2.24, 2.45) is 0 Å². The van der Waals surface area contributed by atoms with Crippen molar-refractivity contribution in [2.75, 3.05) is 0 Å². The van der Waals surface area contributed by atoms with E-state index in [2.05, 4.69) is 0 Å². The van der Waals surface area contributed by atoms with Gasteiger partial charge < -0.3 is 4.74 Å². The molecule has 0 amide bonds. The van der Waals surface area contributed by atoms with Crippen LogP contribution in [0.2, 0.25) is 0 Å². The molecule has 1 rings (SSSR count). The Bertz CT molecular complexity index is 442. The molecule has 3 nitrogen and oxygen atoms in total. The SMILES string of the molecule is CC(C)(C)OC(=O)CC1(F)C(=O)C(F)=CC=C1F. The molecule has 0 spiro atoms. The summed E-state index contributed by atoms with van der Waals surface area (Å²) in [5.74, 6) is -5.74. The molecule has 18 heavy (non-hydrogen) atoms.